The quantitative estimate of drug-likeness (QED) is 0.863. The Labute approximate surface area is 135 Å². The van der Waals surface area contributed by atoms with Gasteiger partial charge < -0.3 is 9.80 Å². The summed E-state index contributed by atoms with van der Waals surface area (Å²) in [7, 11) is 0. The Morgan fingerprint density at radius 3 is 2.83 bits per heavy atom. The summed E-state index contributed by atoms with van der Waals surface area (Å²) in [5.74, 6) is 0.300. The summed E-state index contributed by atoms with van der Waals surface area (Å²) in [6.45, 7) is 6.19. The molecular formula is C17H20N4O2. The van der Waals surface area contributed by atoms with Crippen LogP contribution in [0.25, 0.3) is 10.9 Å². The molecule has 0 atom stereocenters. The van der Waals surface area contributed by atoms with Crippen molar-refractivity contribution >= 4 is 22.7 Å². The Kier molecular flexibility index (Phi) is 4.23. The molecule has 0 radical (unpaired) electrons. The highest BCUT2D eigenvalue weighted by molar-refractivity contribution is 6.06. The van der Waals surface area contributed by atoms with Gasteiger partial charge >= 0.3 is 0 Å². The second-order valence-corrected chi connectivity index (χ2v) is 6.21. The van der Waals surface area contributed by atoms with Gasteiger partial charge in [0.15, 0.2) is 0 Å². The molecule has 23 heavy (non-hydrogen) atoms. The van der Waals surface area contributed by atoms with Crippen LogP contribution in [-0.2, 0) is 4.79 Å². The number of hydrogen-bond acceptors (Lipinski definition) is 4. The maximum absolute atomic E-state index is 12.8. The van der Waals surface area contributed by atoms with Crippen LogP contribution in [0.4, 0.5) is 0 Å². The summed E-state index contributed by atoms with van der Waals surface area (Å²) >= 11 is 0. The summed E-state index contributed by atoms with van der Waals surface area (Å²) in [5, 5.41) is 0.719. The lowest BCUT2D eigenvalue weighted by molar-refractivity contribution is -0.135. The van der Waals surface area contributed by atoms with E-state index in [9.17, 15) is 9.59 Å². The van der Waals surface area contributed by atoms with Crippen molar-refractivity contribution in [2.75, 3.05) is 26.2 Å². The molecule has 3 rings (SSSR count). The van der Waals surface area contributed by atoms with Crippen LogP contribution in [0.5, 0.6) is 0 Å². The zero-order valence-electron chi connectivity index (χ0n) is 13.4. The van der Waals surface area contributed by atoms with Crippen molar-refractivity contribution < 1.29 is 9.59 Å². The number of fused-ring (bicyclic) bond motifs is 1. The molecule has 6 nitrogen and oxygen atoms in total. The van der Waals surface area contributed by atoms with Crippen molar-refractivity contribution in [3.8, 4) is 0 Å². The molecule has 2 amide bonds. The number of aromatic nitrogens is 2. The lowest BCUT2D eigenvalue weighted by Gasteiger charge is -2.35. The van der Waals surface area contributed by atoms with E-state index in [4.69, 9.17) is 0 Å². The van der Waals surface area contributed by atoms with E-state index in [-0.39, 0.29) is 18.4 Å². The Hall–Kier alpha value is -2.50. The van der Waals surface area contributed by atoms with Crippen molar-refractivity contribution in [3.05, 3.63) is 36.3 Å². The molecule has 0 bridgehead atoms. The molecule has 0 aromatic carbocycles. The van der Waals surface area contributed by atoms with E-state index >= 15 is 0 Å². The number of piperazine rings is 1. The van der Waals surface area contributed by atoms with Crippen LogP contribution in [0.2, 0.25) is 0 Å². The Morgan fingerprint density at radius 2 is 2.09 bits per heavy atom. The summed E-state index contributed by atoms with van der Waals surface area (Å²) < 4.78 is 0. The molecule has 0 unspecified atom stereocenters. The second-order valence-electron chi connectivity index (χ2n) is 6.21. The SMILES string of the molecule is CC(C)CN1CCN(C(=O)c2ccnc3ccncc23)CC1=O. The molecular weight excluding hydrogens is 292 g/mol. The Bertz CT molecular complexity index is 739. The van der Waals surface area contributed by atoms with Crippen molar-refractivity contribution in [2.45, 2.75) is 13.8 Å². The predicted molar refractivity (Wildman–Crippen MR) is 86.9 cm³/mol. The summed E-state index contributed by atoms with van der Waals surface area (Å²) in [4.78, 5) is 36.8. The van der Waals surface area contributed by atoms with Crippen molar-refractivity contribution in [2.24, 2.45) is 5.92 Å². The van der Waals surface area contributed by atoms with E-state index < -0.39 is 0 Å². The highest BCUT2D eigenvalue weighted by Crippen LogP contribution is 2.18. The smallest absolute Gasteiger partial charge is 0.255 e. The van der Waals surface area contributed by atoms with Crippen LogP contribution >= 0.6 is 0 Å². The first-order valence-corrected chi connectivity index (χ1v) is 7.82. The molecule has 2 aromatic rings. The lowest BCUT2D eigenvalue weighted by Crippen LogP contribution is -2.53. The normalized spacial score (nSPS) is 15.5. The zero-order chi connectivity index (χ0) is 16.4. The predicted octanol–water partition coefficient (Wildman–Crippen LogP) is 1.57. The molecule has 120 valence electrons. The third kappa shape index (κ3) is 3.16. The van der Waals surface area contributed by atoms with Crippen LogP contribution < -0.4 is 0 Å². The maximum atomic E-state index is 12.8. The number of nitrogens with zero attached hydrogens (tertiary/aromatic N) is 4. The fraction of sp³-hybridized carbons (Fsp3) is 0.412. The van der Waals surface area contributed by atoms with Crippen molar-refractivity contribution in [3.63, 3.8) is 0 Å². The molecule has 6 heteroatoms. The largest absolute Gasteiger partial charge is 0.339 e. The van der Waals surface area contributed by atoms with Gasteiger partial charge in [-0.05, 0) is 18.1 Å². The summed E-state index contributed by atoms with van der Waals surface area (Å²) in [6.07, 6.45) is 4.91. The van der Waals surface area contributed by atoms with Gasteiger partial charge in [0.2, 0.25) is 5.91 Å². The van der Waals surface area contributed by atoms with Gasteiger partial charge in [0.05, 0.1) is 11.1 Å². The van der Waals surface area contributed by atoms with Gasteiger partial charge in [0.25, 0.3) is 5.91 Å². The Balaban J connectivity index is 1.80. The van der Waals surface area contributed by atoms with E-state index in [1.54, 1.807) is 35.6 Å². The van der Waals surface area contributed by atoms with Crippen molar-refractivity contribution in [1.29, 1.82) is 0 Å². The highest BCUT2D eigenvalue weighted by atomic mass is 16.2. The van der Waals surface area contributed by atoms with Gasteiger partial charge in [-0.1, -0.05) is 13.8 Å². The molecule has 1 aliphatic rings. The second kappa shape index (κ2) is 6.32. The monoisotopic (exact) mass is 312 g/mol. The summed E-state index contributed by atoms with van der Waals surface area (Å²) in [6, 6.07) is 3.47. The van der Waals surface area contributed by atoms with Crippen LogP contribution in [0.15, 0.2) is 30.7 Å². The first kappa shape index (κ1) is 15.4. The molecule has 2 aromatic heterocycles. The van der Waals surface area contributed by atoms with E-state index in [2.05, 4.69) is 23.8 Å². The first-order chi connectivity index (χ1) is 11.1. The number of pyridine rings is 2. The van der Waals surface area contributed by atoms with Crippen LogP contribution in [0.3, 0.4) is 0 Å². The van der Waals surface area contributed by atoms with Crippen LogP contribution in [0, 0.1) is 5.92 Å². The fourth-order valence-corrected chi connectivity index (χ4v) is 2.86. The minimum Gasteiger partial charge on any atom is -0.339 e. The van der Waals surface area contributed by atoms with Gasteiger partial charge in [-0.15, -0.1) is 0 Å². The molecule has 1 saturated heterocycles. The number of amides is 2. The average molecular weight is 312 g/mol. The molecule has 3 heterocycles. The van der Waals surface area contributed by atoms with E-state index in [0.717, 1.165) is 17.4 Å². The first-order valence-electron chi connectivity index (χ1n) is 7.82. The van der Waals surface area contributed by atoms with Crippen LogP contribution in [-0.4, -0.2) is 57.8 Å². The standard InChI is InChI=1S/C17H20N4O2/c1-12(2)10-20-7-8-21(11-16(20)22)17(23)13-3-6-19-15-4-5-18-9-14(13)15/h3-6,9,12H,7-8,10-11H2,1-2H3. The molecule has 1 aliphatic heterocycles. The summed E-state index contributed by atoms with van der Waals surface area (Å²) in [5.41, 5.74) is 1.28. The lowest BCUT2D eigenvalue weighted by atomic mass is 10.1. The van der Waals surface area contributed by atoms with E-state index in [0.29, 0.717) is 24.6 Å². The molecule has 0 aliphatic carbocycles. The van der Waals surface area contributed by atoms with Gasteiger partial charge in [-0.25, -0.2) is 0 Å². The number of carbonyl (C=O) groups is 2. The molecule has 0 N–H and O–H groups in total. The average Bonchev–Trinajstić information content (AvgIpc) is 2.55. The molecule has 0 spiro atoms. The topological polar surface area (TPSA) is 66.4 Å². The third-order valence-corrected chi connectivity index (χ3v) is 3.96. The van der Waals surface area contributed by atoms with E-state index in [1.165, 1.54) is 0 Å². The maximum Gasteiger partial charge on any atom is 0.255 e. The third-order valence-electron chi connectivity index (χ3n) is 3.96. The van der Waals surface area contributed by atoms with Crippen molar-refractivity contribution in [1.82, 2.24) is 19.8 Å². The van der Waals surface area contributed by atoms with Gasteiger partial charge in [-0.3, -0.25) is 19.6 Å². The Morgan fingerprint density at radius 1 is 1.26 bits per heavy atom. The number of carbonyl (C=O) groups excluding carboxylic acids is 2. The van der Waals surface area contributed by atoms with Gasteiger partial charge in [0, 0.05) is 43.6 Å². The van der Waals surface area contributed by atoms with Crippen LogP contribution in [0.1, 0.15) is 24.2 Å². The number of hydrogen-bond donors (Lipinski definition) is 0. The van der Waals surface area contributed by atoms with Gasteiger partial charge in [-0.2, -0.15) is 0 Å². The minimum absolute atomic E-state index is 0.00906. The fourth-order valence-electron chi connectivity index (χ4n) is 2.86. The minimum atomic E-state index is -0.136. The number of rotatable bonds is 3. The molecule has 0 saturated carbocycles. The van der Waals surface area contributed by atoms with E-state index in [1.807, 2.05) is 4.90 Å². The zero-order valence-corrected chi connectivity index (χ0v) is 13.4. The van der Waals surface area contributed by atoms with Gasteiger partial charge in [0.1, 0.15) is 6.54 Å². The highest BCUT2D eigenvalue weighted by Gasteiger charge is 2.28. The molecule has 1 fully saturated rings.